The number of fused-ring (bicyclic) bond motifs is 1. The van der Waals surface area contributed by atoms with Gasteiger partial charge < -0.3 is 5.53 Å². The summed E-state index contributed by atoms with van der Waals surface area (Å²) in [6.45, 7) is 8.29. The smallest absolute Gasteiger partial charge is 0.342 e. The van der Waals surface area contributed by atoms with Gasteiger partial charge in [0.2, 0.25) is 5.78 Å². The minimum Gasteiger partial charge on any atom is -0.361 e. The Hall–Kier alpha value is -0.950. The zero-order valence-corrected chi connectivity index (χ0v) is 8.30. The van der Waals surface area contributed by atoms with Crippen LogP contribution in [0.2, 0.25) is 0 Å². The van der Waals surface area contributed by atoms with E-state index in [1.54, 1.807) is 0 Å². The zero-order valence-electron chi connectivity index (χ0n) is 8.30. The predicted octanol–water partition coefficient (Wildman–Crippen LogP) is 1.29. The van der Waals surface area contributed by atoms with Gasteiger partial charge in [0, 0.05) is 10.8 Å². The molecule has 3 heteroatoms. The van der Waals surface area contributed by atoms with E-state index in [2.05, 4.69) is 18.6 Å². The predicted molar refractivity (Wildman–Crippen MR) is 46.1 cm³/mol. The van der Waals surface area contributed by atoms with E-state index in [-0.39, 0.29) is 27.4 Å². The fourth-order valence-corrected chi connectivity index (χ4v) is 4.72. The summed E-state index contributed by atoms with van der Waals surface area (Å²) in [5, 5.41) is 0. The second kappa shape index (κ2) is 1.24. The van der Waals surface area contributed by atoms with Crippen molar-refractivity contribution in [3.63, 3.8) is 0 Å². The van der Waals surface area contributed by atoms with Gasteiger partial charge in [0.05, 0.1) is 10.8 Å². The minimum atomic E-state index is -0.240. The summed E-state index contributed by atoms with van der Waals surface area (Å²) in [5.41, 5.74) is 8.96. The highest BCUT2D eigenvalue weighted by molar-refractivity contribution is 6.51. The van der Waals surface area contributed by atoms with Crippen LogP contribution in [-0.4, -0.2) is 16.3 Å². The summed E-state index contributed by atoms with van der Waals surface area (Å²) in [5.74, 6) is 0.0579. The van der Waals surface area contributed by atoms with E-state index in [0.717, 1.165) is 0 Å². The Kier molecular flexibility index (Phi) is 0.709. The highest BCUT2D eigenvalue weighted by Gasteiger charge is 3.16. The van der Waals surface area contributed by atoms with Gasteiger partial charge in [-0.1, -0.05) is 20.8 Å². The maximum Gasteiger partial charge on any atom is 0.342 e. The van der Waals surface area contributed by atoms with Crippen molar-refractivity contribution in [1.82, 2.24) is 0 Å². The molecule has 0 saturated heterocycles. The zero-order chi connectivity index (χ0) is 9.86. The van der Waals surface area contributed by atoms with Gasteiger partial charge >= 0.3 is 5.71 Å². The first kappa shape index (κ1) is 7.45. The number of carbonyl (C=O) groups is 1. The maximum atomic E-state index is 11.8. The first-order chi connectivity index (χ1) is 5.85. The Morgan fingerprint density at radius 1 is 1.08 bits per heavy atom. The van der Waals surface area contributed by atoms with Crippen LogP contribution in [0.5, 0.6) is 0 Å². The Bertz CT molecular complexity index is 416. The number of Topliss-reactive ketones (excluding diaryl/α,β-unsaturated/α-hetero) is 1. The van der Waals surface area contributed by atoms with Crippen molar-refractivity contribution in [2.24, 2.45) is 21.7 Å². The third-order valence-electron chi connectivity index (χ3n) is 6.12. The van der Waals surface area contributed by atoms with Gasteiger partial charge in [-0.05, 0) is 6.92 Å². The van der Waals surface area contributed by atoms with E-state index in [4.69, 9.17) is 5.53 Å². The summed E-state index contributed by atoms with van der Waals surface area (Å²) < 4.78 is 0. The lowest BCUT2D eigenvalue weighted by Gasteiger charge is -2.18. The number of hydrogen-bond acceptors (Lipinski definition) is 1. The normalized spacial score (nSPS) is 66.2. The molecule has 4 aliphatic carbocycles. The van der Waals surface area contributed by atoms with Crippen LogP contribution in [0.25, 0.3) is 5.53 Å². The molecule has 0 radical (unpaired) electrons. The second-order valence-corrected chi connectivity index (χ2v) is 5.28. The van der Waals surface area contributed by atoms with E-state index in [0.29, 0.717) is 5.71 Å². The third-order valence-corrected chi connectivity index (χ3v) is 6.12. The van der Waals surface area contributed by atoms with E-state index >= 15 is 0 Å². The van der Waals surface area contributed by atoms with Crippen molar-refractivity contribution in [2.45, 2.75) is 27.7 Å². The van der Waals surface area contributed by atoms with Crippen LogP contribution in [0.15, 0.2) is 0 Å². The van der Waals surface area contributed by atoms with Crippen molar-refractivity contribution < 1.29 is 9.58 Å². The molecule has 2 bridgehead atoms. The lowest BCUT2D eigenvalue weighted by Crippen LogP contribution is -2.22. The van der Waals surface area contributed by atoms with Crippen molar-refractivity contribution in [2.75, 3.05) is 0 Å². The van der Waals surface area contributed by atoms with Crippen LogP contribution in [0.1, 0.15) is 27.7 Å². The summed E-state index contributed by atoms with van der Waals surface area (Å²) >= 11 is 0. The van der Waals surface area contributed by atoms with Crippen molar-refractivity contribution in [1.29, 1.82) is 0 Å². The average Bonchev–Trinajstić information content (AvgIpc) is 2.62. The Balaban J connectivity index is 2.36. The molecule has 13 heavy (non-hydrogen) atoms. The fraction of sp³-hybridized carbons (Fsp3) is 0.800. The van der Waals surface area contributed by atoms with Gasteiger partial charge in [0.15, 0.2) is 0 Å². The number of rotatable bonds is 0. The molecule has 0 aromatic heterocycles. The van der Waals surface area contributed by atoms with Crippen molar-refractivity contribution in [3.05, 3.63) is 5.53 Å². The molecule has 68 valence electrons. The molecule has 0 spiro atoms. The largest absolute Gasteiger partial charge is 0.361 e. The molecule has 4 fully saturated rings. The van der Waals surface area contributed by atoms with E-state index in [1.165, 1.54) is 0 Å². The standard InChI is InChI=1S/C10H12N2O/c1-7-5(12-11)6(13)8(2)9(7,3)10(7,8)4/h1-4H3/t7?,8?,9-,10?/m0/s1. The number of carbonyl (C=O) groups excluding carboxylic acids is 1. The summed E-state index contributed by atoms with van der Waals surface area (Å²) in [6, 6.07) is 0. The van der Waals surface area contributed by atoms with Crippen LogP contribution < -0.4 is 0 Å². The lowest BCUT2D eigenvalue weighted by atomic mass is 9.79. The number of ketones is 1. The second-order valence-electron chi connectivity index (χ2n) is 5.28. The molecule has 3 unspecified atom stereocenters. The molecule has 4 saturated carbocycles. The monoisotopic (exact) mass is 176 g/mol. The van der Waals surface area contributed by atoms with E-state index in [1.807, 2.05) is 13.8 Å². The molecule has 0 aromatic rings. The molecule has 0 aliphatic heterocycles. The quantitative estimate of drug-likeness (QED) is 0.405. The lowest BCUT2D eigenvalue weighted by molar-refractivity contribution is -0.121. The topological polar surface area (TPSA) is 53.5 Å². The fourth-order valence-electron chi connectivity index (χ4n) is 4.72. The highest BCUT2D eigenvalue weighted by atomic mass is 16.1. The molecule has 3 nitrogen and oxygen atoms in total. The van der Waals surface area contributed by atoms with E-state index in [9.17, 15) is 4.79 Å². The van der Waals surface area contributed by atoms with E-state index < -0.39 is 0 Å². The Morgan fingerprint density at radius 2 is 1.54 bits per heavy atom. The summed E-state index contributed by atoms with van der Waals surface area (Å²) in [4.78, 5) is 15.0. The molecular formula is C10H12N2O. The van der Waals surface area contributed by atoms with Crippen molar-refractivity contribution >= 4 is 11.5 Å². The first-order valence-corrected chi connectivity index (χ1v) is 4.63. The van der Waals surface area contributed by atoms with Gasteiger partial charge in [0.25, 0.3) is 0 Å². The molecular weight excluding hydrogens is 164 g/mol. The number of nitrogens with zero attached hydrogens (tertiary/aromatic N) is 2. The van der Waals surface area contributed by atoms with Crippen LogP contribution in [-0.2, 0) is 4.79 Å². The Morgan fingerprint density at radius 3 is 1.69 bits per heavy atom. The highest BCUT2D eigenvalue weighted by Crippen LogP contribution is 3.09. The van der Waals surface area contributed by atoms with Crippen LogP contribution in [0.3, 0.4) is 0 Å². The molecule has 0 aromatic carbocycles. The van der Waals surface area contributed by atoms with Crippen molar-refractivity contribution in [3.8, 4) is 0 Å². The van der Waals surface area contributed by atoms with Gasteiger partial charge in [0.1, 0.15) is 0 Å². The SMILES string of the molecule is CC12C(=O)C(=[N+]=[N-])C3(C)C1(C)[C@]23C. The molecule has 0 heterocycles. The number of hydrogen-bond donors (Lipinski definition) is 0. The van der Waals surface area contributed by atoms with Gasteiger partial charge in [-0.15, -0.1) is 0 Å². The molecule has 0 N–H and O–H groups in total. The molecule has 4 rings (SSSR count). The third kappa shape index (κ3) is 0.269. The maximum absolute atomic E-state index is 11.8. The summed E-state index contributed by atoms with van der Waals surface area (Å²) in [6.07, 6.45) is 0. The summed E-state index contributed by atoms with van der Waals surface area (Å²) in [7, 11) is 0. The van der Waals surface area contributed by atoms with Gasteiger partial charge in [-0.2, -0.15) is 4.79 Å². The van der Waals surface area contributed by atoms with Gasteiger partial charge in [-0.25, -0.2) is 0 Å². The molecule has 4 atom stereocenters. The van der Waals surface area contributed by atoms with Crippen LogP contribution in [0, 0.1) is 21.7 Å². The van der Waals surface area contributed by atoms with Gasteiger partial charge in [-0.3, -0.25) is 4.79 Å². The average molecular weight is 176 g/mol. The first-order valence-electron chi connectivity index (χ1n) is 4.63. The molecule has 4 aliphatic rings. The Labute approximate surface area is 76.8 Å². The minimum absolute atomic E-state index is 0.0579. The van der Waals surface area contributed by atoms with Crippen LogP contribution in [0.4, 0.5) is 0 Å². The molecule has 0 amide bonds. The van der Waals surface area contributed by atoms with Crippen LogP contribution >= 0.6 is 0 Å².